The molecule has 6 nitrogen and oxygen atoms in total. The molecular formula is C23H21NO5. The maximum atomic E-state index is 12.3. The van der Waals surface area contributed by atoms with E-state index in [0.717, 1.165) is 11.3 Å². The van der Waals surface area contributed by atoms with Crippen molar-refractivity contribution in [3.63, 3.8) is 0 Å². The van der Waals surface area contributed by atoms with E-state index in [1.807, 2.05) is 31.2 Å². The van der Waals surface area contributed by atoms with Crippen LogP contribution in [0, 0.1) is 6.92 Å². The topological polar surface area (TPSA) is 84.9 Å². The lowest BCUT2D eigenvalue weighted by Crippen LogP contribution is -2.12. The number of anilines is 1. The van der Waals surface area contributed by atoms with Crippen LogP contribution >= 0.6 is 0 Å². The number of rotatable bonds is 8. The van der Waals surface area contributed by atoms with Crippen molar-refractivity contribution in [3.05, 3.63) is 89.5 Å². The summed E-state index contributed by atoms with van der Waals surface area (Å²) in [6.45, 7) is 2.54. The Morgan fingerprint density at radius 3 is 2.14 bits per heavy atom. The van der Waals surface area contributed by atoms with Gasteiger partial charge in [0.1, 0.15) is 24.7 Å². The number of benzene rings is 3. The summed E-state index contributed by atoms with van der Waals surface area (Å²) in [5.41, 5.74) is 2.57. The number of carboxylic acids is 1. The van der Waals surface area contributed by atoms with Crippen LogP contribution in [-0.2, 0) is 0 Å². The normalized spacial score (nSPS) is 10.2. The van der Waals surface area contributed by atoms with Crippen LogP contribution in [0.1, 0.15) is 26.3 Å². The summed E-state index contributed by atoms with van der Waals surface area (Å²) in [7, 11) is 0. The molecule has 1 amide bonds. The summed E-state index contributed by atoms with van der Waals surface area (Å²) >= 11 is 0. The molecule has 0 saturated heterocycles. The first-order valence-electron chi connectivity index (χ1n) is 9.08. The first-order chi connectivity index (χ1) is 14.0. The minimum absolute atomic E-state index is 0.169. The lowest BCUT2D eigenvalue weighted by Gasteiger charge is -2.10. The molecule has 3 rings (SSSR count). The SMILES string of the molecule is Cc1ccc(NC(=O)c2ccc(OCCOc3cccc(C(=O)O)c3)cc2)cc1. The predicted molar refractivity (Wildman–Crippen MR) is 110 cm³/mol. The van der Waals surface area contributed by atoms with E-state index >= 15 is 0 Å². The molecule has 148 valence electrons. The van der Waals surface area contributed by atoms with Gasteiger partial charge in [0.15, 0.2) is 0 Å². The van der Waals surface area contributed by atoms with Crippen molar-refractivity contribution in [1.82, 2.24) is 0 Å². The number of carbonyl (C=O) groups is 2. The van der Waals surface area contributed by atoms with Gasteiger partial charge in [-0.25, -0.2) is 4.79 Å². The second-order valence-corrected chi connectivity index (χ2v) is 6.37. The highest BCUT2D eigenvalue weighted by Gasteiger charge is 2.07. The largest absolute Gasteiger partial charge is 0.490 e. The Morgan fingerprint density at radius 2 is 1.48 bits per heavy atom. The number of ether oxygens (including phenoxy) is 2. The average Bonchev–Trinajstić information content (AvgIpc) is 2.73. The highest BCUT2D eigenvalue weighted by Crippen LogP contribution is 2.16. The number of nitrogens with one attached hydrogen (secondary N) is 1. The zero-order valence-electron chi connectivity index (χ0n) is 15.9. The molecule has 0 aliphatic carbocycles. The van der Waals surface area contributed by atoms with Crippen LogP contribution in [0.2, 0.25) is 0 Å². The second-order valence-electron chi connectivity index (χ2n) is 6.37. The molecule has 0 radical (unpaired) electrons. The van der Waals surface area contributed by atoms with Crippen LogP contribution in [-0.4, -0.2) is 30.2 Å². The molecule has 0 atom stereocenters. The fourth-order valence-corrected chi connectivity index (χ4v) is 2.58. The minimum atomic E-state index is -1.00. The number of aryl methyl sites for hydroxylation is 1. The van der Waals surface area contributed by atoms with Crippen molar-refractivity contribution in [1.29, 1.82) is 0 Å². The molecule has 29 heavy (non-hydrogen) atoms. The molecule has 2 N–H and O–H groups in total. The van der Waals surface area contributed by atoms with Crippen molar-refractivity contribution in [2.45, 2.75) is 6.92 Å². The molecule has 0 aromatic heterocycles. The zero-order chi connectivity index (χ0) is 20.6. The Labute approximate surface area is 168 Å². The molecule has 0 bridgehead atoms. The van der Waals surface area contributed by atoms with Gasteiger partial charge in [0.2, 0.25) is 0 Å². The molecule has 3 aromatic carbocycles. The quantitative estimate of drug-likeness (QED) is 0.556. The number of amides is 1. The van der Waals surface area contributed by atoms with Crippen LogP contribution in [0.4, 0.5) is 5.69 Å². The lowest BCUT2D eigenvalue weighted by molar-refractivity contribution is 0.0696. The third kappa shape index (κ3) is 5.84. The van der Waals surface area contributed by atoms with Gasteiger partial charge in [-0.3, -0.25) is 4.79 Å². The smallest absolute Gasteiger partial charge is 0.335 e. The van der Waals surface area contributed by atoms with Crippen molar-refractivity contribution in [2.75, 3.05) is 18.5 Å². The van der Waals surface area contributed by atoms with Crippen molar-refractivity contribution in [3.8, 4) is 11.5 Å². The molecule has 0 aliphatic heterocycles. The van der Waals surface area contributed by atoms with Crippen molar-refractivity contribution in [2.24, 2.45) is 0 Å². The van der Waals surface area contributed by atoms with Gasteiger partial charge in [-0.05, 0) is 61.5 Å². The van der Waals surface area contributed by atoms with Crippen LogP contribution in [0.3, 0.4) is 0 Å². The first kappa shape index (κ1) is 19.9. The maximum Gasteiger partial charge on any atom is 0.335 e. The highest BCUT2D eigenvalue weighted by atomic mass is 16.5. The molecule has 0 spiro atoms. The maximum absolute atomic E-state index is 12.3. The average molecular weight is 391 g/mol. The van der Waals surface area contributed by atoms with Gasteiger partial charge in [-0.2, -0.15) is 0 Å². The summed E-state index contributed by atoms with van der Waals surface area (Å²) in [4.78, 5) is 23.2. The number of hydrogen-bond acceptors (Lipinski definition) is 4. The van der Waals surface area contributed by atoms with E-state index in [1.54, 1.807) is 36.4 Å². The Balaban J connectivity index is 1.46. The molecule has 6 heteroatoms. The number of hydrogen-bond donors (Lipinski definition) is 2. The van der Waals surface area contributed by atoms with E-state index in [0.29, 0.717) is 17.1 Å². The third-order valence-corrected chi connectivity index (χ3v) is 4.13. The lowest BCUT2D eigenvalue weighted by atomic mass is 10.2. The fraction of sp³-hybridized carbons (Fsp3) is 0.130. The number of carbonyl (C=O) groups excluding carboxylic acids is 1. The molecule has 0 fully saturated rings. The van der Waals surface area contributed by atoms with Crippen LogP contribution in [0.25, 0.3) is 0 Å². The van der Waals surface area contributed by atoms with Crippen molar-refractivity contribution >= 4 is 17.6 Å². The standard InChI is InChI=1S/C23H21NO5/c1-16-5-9-19(10-6-16)24-22(25)17-7-11-20(12-8-17)28-13-14-29-21-4-2-3-18(15-21)23(26)27/h2-12,15H,13-14H2,1H3,(H,24,25)(H,26,27). The molecule has 0 unspecified atom stereocenters. The van der Waals surface area contributed by atoms with E-state index in [4.69, 9.17) is 14.6 Å². The first-order valence-corrected chi connectivity index (χ1v) is 9.08. The Kier molecular flexibility index (Phi) is 6.47. The highest BCUT2D eigenvalue weighted by molar-refractivity contribution is 6.04. The van der Waals surface area contributed by atoms with Gasteiger partial charge in [0.05, 0.1) is 5.56 Å². The van der Waals surface area contributed by atoms with E-state index in [9.17, 15) is 9.59 Å². The van der Waals surface area contributed by atoms with Gasteiger partial charge in [0, 0.05) is 11.3 Å². The van der Waals surface area contributed by atoms with Crippen LogP contribution in [0.15, 0.2) is 72.8 Å². The molecule has 0 saturated carbocycles. The Morgan fingerprint density at radius 1 is 0.828 bits per heavy atom. The minimum Gasteiger partial charge on any atom is -0.490 e. The van der Waals surface area contributed by atoms with Crippen LogP contribution in [0.5, 0.6) is 11.5 Å². The Hall–Kier alpha value is -3.80. The third-order valence-electron chi connectivity index (χ3n) is 4.13. The summed E-state index contributed by atoms with van der Waals surface area (Å²) in [6, 6.07) is 20.7. The van der Waals surface area contributed by atoms with Gasteiger partial charge in [-0.15, -0.1) is 0 Å². The number of aromatic carboxylic acids is 1. The fourth-order valence-electron chi connectivity index (χ4n) is 2.58. The van der Waals surface area contributed by atoms with E-state index in [2.05, 4.69) is 5.32 Å². The van der Waals surface area contributed by atoms with E-state index in [-0.39, 0.29) is 24.7 Å². The zero-order valence-corrected chi connectivity index (χ0v) is 15.9. The molecule has 0 heterocycles. The van der Waals surface area contributed by atoms with Crippen LogP contribution < -0.4 is 14.8 Å². The summed E-state index contributed by atoms with van der Waals surface area (Å²) in [5, 5.41) is 11.8. The summed E-state index contributed by atoms with van der Waals surface area (Å²) < 4.78 is 11.1. The molecule has 3 aromatic rings. The van der Waals surface area contributed by atoms with E-state index < -0.39 is 5.97 Å². The second kappa shape index (κ2) is 9.41. The van der Waals surface area contributed by atoms with Gasteiger partial charge in [-0.1, -0.05) is 23.8 Å². The van der Waals surface area contributed by atoms with Gasteiger partial charge in [0.25, 0.3) is 5.91 Å². The molecule has 0 aliphatic rings. The molecular weight excluding hydrogens is 370 g/mol. The summed E-state index contributed by atoms with van der Waals surface area (Å²) in [5.74, 6) is -0.114. The predicted octanol–water partition coefficient (Wildman–Crippen LogP) is 4.40. The Bertz CT molecular complexity index is 981. The monoisotopic (exact) mass is 391 g/mol. The van der Waals surface area contributed by atoms with Gasteiger partial charge >= 0.3 is 5.97 Å². The van der Waals surface area contributed by atoms with Crippen molar-refractivity contribution < 1.29 is 24.2 Å². The van der Waals surface area contributed by atoms with Gasteiger partial charge < -0.3 is 19.9 Å². The summed E-state index contributed by atoms with van der Waals surface area (Å²) in [6.07, 6.45) is 0. The van der Waals surface area contributed by atoms with E-state index in [1.165, 1.54) is 12.1 Å². The number of carboxylic acid groups (broad SMARTS) is 1.